The van der Waals surface area contributed by atoms with Gasteiger partial charge in [0.1, 0.15) is 5.75 Å². The summed E-state index contributed by atoms with van der Waals surface area (Å²) in [7, 11) is 1.56. The Morgan fingerprint density at radius 2 is 1.79 bits per heavy atom. The van der Waals surface area contributed by atoms with Gasteiger partial charge >= 0.3 is 6.18 Å². The molecule has 1 N–H and O–H groups in total. The van der Waals surface area contributed by atoms with E-state index in [1.807, 2.05) is 18.2 Å². The molecular weight excluding hydrogens is 447 g/mol. The standard InChI is InChI=1S/C25H20F3N3O3/c1-34-19-9-4-6-16(14-19)12-13-29-23(32)22-24(33)31(21-11-3-2-10-20(21)30-22)18-8-5-7-17(15-18)25(26,27)28/h2-11,14-15H,12-13H2,1H3,(H,29,32). The van der Waals surface area contributed by atoms with Crippen molar-refractivity contribution in [2.45, 2.75) is 12.6 Å². The van der Waals surface area contributed by atoms with Crippen LogP contribution in [-0.2, 0) is 12.6 Å². The molecule has 3 aromatic carbocycles. The Morgan fingerprint density at radius 1 is 1.03 bits per heavy atom. The van der Waals surface area contributed by atoms with Gasteiger partial charge < -0.3 is 10.1 Å². The Morgan fingerprint density at radius 3 is 2.56 bits per heavy atom. The smallest absolute Gasteiger partial charge is 0.416 e. The second-order valence-corrected chi connectivity index (χ2v) is 7.50. The van der Waals surface area contributed by atoms with Gasteiger partial charge in [0.05, 0.1) is 23.7 Å². The van der Waals surface area contributed by atoms with Gasteiger partial charge in [-0.3, -0.25) is 14.2 Å². The molecule has 0 atom stereocenters. The lowest BCUT2D eigenvalue weighted by molar-refractivity contribution is -0.137. The molecule has 0 aliphatic heterocycles. The van der Waals surface area contributed by atoms with Crippen LogP contribution in [0.3, 0.4) is 0 Å². The Labute approximate surface area is 192 Å². The molecule has 4 rings (SSSR count). The van der Waals surface area contributed by atoms with Gasteiger partial charge in [-0.25, -0.2) is 4.98 Å². The molecule has 174 valence electrons. The van der Waals surface area contributed by atoms with Gasteiger partial charge in [-0.05, 0) is 54.4 Å². The van der Waals surface area contributed by atoms with E-state index < -0.39 is 28.9 Å². The quantitative estimate of drug-likeness (QED) is 0.457. The number of amides is 1. The molecule has 0 saturated carbocycles. The molecule has 6 nitrogen and oxygen atoms in total. The van der Waals surface area contributed by atoms with Gasteiger partial charge in [0.25, 0.3) is 11.5 Å². The van der Waals surface area contributed by atoms with Crippen LogP contribution < -0.4 is 15.6 Å². The van der Waals surface area contributed by atoms with E-state index in [9.17, 15) is 22.8 Å². The Kier molecular flexibility index (Phi) is 6.36. The predicted molar refractivity (Wildman–Crippen MR) is 121 cm³/mol. The van der Waals surface area contributed by atoms with Crippen molar-refractivity contribution >= 4 is 16.9 Å². The molecule has 0 saturated heterocycles. The van der Waals surface area contributed by atoms with Crippen molar-refractivity contribution in [1.82, 2.24) is 14.9 Å². The van der Waals surface area contributed by atoms with Crippen LogP contribution in [0.5, 0.6) is 5.75 Å². The number of halogens is 3. The minimum absolute atomic E-state index is 0.0103. The van der Waals surface area contributed by atoms with Crippen LogP contribution in [0.4, 0.5) is 13.2 Å². The van der Waals surface area contributed by atoms with Gasteiger partial charge in [0.2, 0.25) is 0 Å². The molecule has 4 aromatic rings. The van der Waals surface area contributed by atoms with Crippen LogP contribution in [0.2, 0.25) is 0 Å². The zero-order chi connectivity index (χ0) is 24.3. The third-order valence-electron chi connectivity index (χ3n) is 5.24. The van der Waals surface area contributed by atoms with Crippen LogP contribution in [-0.4, -0.2) is 29.1 Å². The van der Waals surface area contributed by atoms with Crippen LogP contribution in [0, 0.1) is 0 Å². The predicted octanol–water partition coefficient (Wildman–Crippen LogP) is 4.39. The number of carbonyl (C=O) groups excluding carboxylic acids is 1. The lowest BCUT2D eigenvalue weighted by Crippen LogP contribution is -2.35. The number of benzene rings is 3. The van der Waals surface area contributed by atoms with Crippen LogP contribution >= 0.6 is 0 Å². The van der Waals surface area contributed by atoms with E-state index >= 15 is 0 Å². The zero-order valence-electron chi connectivity index (χ0n) is 18.1. The van der Waals surface area contributed by atoms with Crippen LogP contribution in [0.15, 0.2) is 77.6 Å². The van der Waals surface area contributed by atoms with E-state index in [1.165, 1.54) is 12.1 Å². The number of aromatic nitrogens is 2. The minimum Gasteiger partial charge on any atom is -0.497 e. The fraction of sp³-hybridized carbons (Fsp3) is 0.160. The number of alkyl halides is 3. The summed E-state index contributed by atoms with van der Waals surface area (Å²) in [5, 5.41) is 2.67. The molecule has 0 spiro atoms. The Bertz CT molecular complexity index is 1410. The van der Waals surface area contributed by atoms with Crippen LogP contribution in [0.25, 0.3) is 16.7 Å². The Balaban J connectivity index is 1.68. The fourth-order valence-electron chi connectivity index (χ4n) is 3.59. The van der Waals surface area contributed by atoms with Crippen molar-refractivity contribution < 1.29 is 22.7 Å². The monoisotopic (exact) mass is 467 g/mol. The summed E-state index contributed by atoms with van der Waals surface area (Å²) < 4.78 is 46.0. The zero-order valence-corrected chi connectivity index (χ0v) is 18.1. The van der Waals surface area contributed by atoms with Crippen molar-refractivity contribution in [2.24, 2.45) is 0 Å². The van der Waals surface area contributed by atoms with Gasteiger partial charge in [-0.2, -0.15) is 13.2 Å². The molecule has 34 heavy (non-hydrogen) atoms. The fourth-order valence-corrected chi connectivity index (χ4v) is 3.59. The highest BCUT2D eigenvalue weighted by Gasteiger charge is 2.31. The number of hydrogen-bond acceptors (Lipinski definition) is 4. The largest absolute Gasteiger partial charge is 0.497 e. The van der Waals surface area contributed by atoms with Crippen LogP contribution in [0.1, 0.15) is 21.6 Å². The van der Waals surface area contributed by atoms with E-state index in [4.69, 9.17) is 4.74 Å². The average molecular weight is 467 g/mol. The number of para-hydroxylation sites is 2. The molecule has 1 heterocycles. The Hall–Kier alpha value is -4.14. The first-order chi connectivity index (χ1) is 16.3. The summed E-state index contributed by atoms with van der Waals surface area (Å²) in [5.41, 5.74) is -0.602. The summed E-state index contributed by atoms with van der Waals surface area (Å²) >= 11 is 0. The summed E-state index contributed by atoms with van der Waals surface area (Å²) in [4.78, 5) is 30.3. The molecule has 0 bridgehead atoms. The molecule has 0 aliphatic rings. The maximum atomic E-state index is 13.3. The number of nitrogens with one attached hydrogen (secondary N) is 1. The molecular formula is C25H20F3N3O3. The molecule has 0 unspecified atom stereocenters. The van der Waals surface area contributed by atoms with Crippen molar-refractivity contribution in [3.63, 3.8) is 0 Å². The third-order valence-corrected chi connectivity index (χ3v) is 5.24. The number of hydrogen-bond donors (Lipinski definition) is 1. The third kappa shape index (κ3) is 4.78. The first-order valence-electron chi connectivity index (χ1n) is 10.4. The highest BCUT2D eigenvalue weighted by molar-refractivity contribution is 5.94. The molecule has 0 fully saturated rings. The van der Waals surface area contributed by atoms with E-state index in [1.54, 1.807) is 37.4 Å². The van der Waals surface area contributed by atoms with Gasteiger partial charge in [-0.1, -0.05) is 30.3 Å². The second-order valence-electron chi connectivity index (χ2n) is 7.50. The number of ether oxygens (including phenoxy) is 1. The lowest BCUT2D eigenvalue weighted by atomic mass is 10.1. The average Bonchev–Trinajstić information content (AvgIpc) is 2.83. The number of methoxy groups -OCH3 is 1. The summed E-state index contributed by atoms with van der Waals surface area (Å²) in [5.74, 6) is -0.0247. The van der Waals surface area contributed by atoms with Gasteiger partial charge in [-0.15, -0.1) is 0 Å². The molecule has 0 aliphatic carbocycles. The number of nitrogens with zero attached hydrogens (tertiary/aromatic N) is 2. The summed E-state index contributed by atoms with van der Waals surface area (Å²) in [6, 6.07) is 18.2. The number of carbonyl (C=O) groups is 1. The number of fused-ring (bicyclic) bond motifs is 1. The van der Waals surface area contributed by atoms with Gasteiger partial charge in [0, 0.05) is 12.2 Å². The summed E-state index contributed by atoms with van der Waals surface area (Å²) in [6.45, 7) is 0.226. The molecule has 0 radical (unpaired) electrons. The first-order valence-corrected chi connectivity index (χ1v) is 10.4. The lowest BCUT2D eigenvalue weighted by Gasteiger charge is -2.14. The van der Waals surface area contributed by atoms with E-state index in [2.05, 4.69) is 10.3 Å². The topological polar surface area (TPSA) is 73.2 Å². The molecule has 1 amide bonds. The molecule has 1 aromatic heterocycles. The highest BCUT2D eigenvalue weighted by Crippen LogP contribution is 2.30. The SMILES string of the molecule is COc1cccc(CCNC(=O)c2nc3ccccc3n(-c3cccc(C(F)(F)F)c3)c2=O)c1. The van der Waals surface area contributed by atoms with Crippen molar-refractivity contribution in [3.05, 3.63) is 100.0 Å². The normalized spacial score (nSPS) is 11.4. The second kappa shape index (κ2) is 9.38. The highest BCUT2D eigenvalue weighted by atomic mass is 19.4. The van der Waals surface area contributed by atoms with Crippen molar-refractivity contribution in [2.75, 3.05) is 13.7 Å². The van der Waals surface area contributed by atoms with E-state index in [0.717, 1.165) is 22.3 Å². The molecule has 9 heteroatoms. The van der Waals surface area contributed by atoms with E-state index in [-0.39, 0.29) is 12.2 Å². The van der Waals surface area contributed by atoms with Crippen molar-refractivity contribution in [1.29, 1.82) is 0 Å². The van der Waals surface area contributed by atoms with E-state index in [0.29, 0.717) is 23.2 Å². The first kappa shape index (κ1) is 23.0. The maximum Gasteiger partial charge on any atom is 0.416 e. The summed E-state index contributed by atoms with van der Waals surface area (Å²) in [6.07, 6.45) is -4.10. The minimum atomic E-state index is -4.58. The van der Waals surface area contributed by atoms with Gasteiger partial charge in [0.15, 0.2) is 5.69 Å². The van der Waals surface area contributed by atoms with Crippen molar-refractivity contribution in [3.8, 4) is 11.4 Å². The number of rotatable bonds is 6. The maximum absolute atomic E-state index is 13.3.